The van der Waals surface area contributed by atoms with Crippen LogP contribution in [-0.4, -0.2) is 21.5 Å². The monoisotopic (exact) mass is 209 g/mol. The summed E-state index contributed by atoms with van der Waals surface area (Å²) < 4.78 is 2.06. The molecule has 1 saturated carbocycles. The number of nitrogens with two attached hydrogens (primary N) is 1. The number of hydrogen-bond donors (Lipinski definition) is 2. The predicted octanol–water partition coefficient (Wildman–Crippen LogP) is 1.16. The zero-order chi connectivity index (χ0) is 10.8. The van der Waals surface area contributed by atoms with Crippen molar-refractivity contribution >= 4 is 0 Å². The van der Waals surface area contributed by atoms with Gasteiger partial charge in [0.1, 0.15) is 0 Å². The highest BCUT2D eigenvalue weighted by atomic mass is 16.3. The highest BCUT2D eigenvalue weighted by Crippen LogP contribution is 2.42. The Morgan fingerprint density at radius 1 is 1.67 bits per heavy atom. The summed E-state index contributed by atoms with van der Waals surface area (Å²) in [6, 6.07) is -0.272. The number of hydrogen-bond acceptors (Lipinski definition) is 3. The highest BCUT2D eigenvalue weighted by molar-refractivity contribution is 5.28. The number of aromatic nitrogens is 2. The molecule has 1 aliphatic carbocycles. The summed E-state index contributed by atoms with van der Waals surface area (Å²) in [5.74, 6) is 0.631. The molecular weight excluding hydrogens is 190 g/mol. The summed E-state index contributed by atoms with van der Waals surface area (Å²) in [7, 11) is 0. The maximum Gasteiger partial charge on any atom is 0.0625 e. The van der Waals surface area contributed by atoms with E-state index in [0.29, 0.717) is 5.92 Å². The normalized spacial score (nSPS) is 18.1. The van der Waals surface area contributed by atoms with E-state index in [1.807, 2.05) is 6.20 Å². The van der Waals surface area contributed by atoms with Crippen molar-refractivity contribution in [2.45, 2.75) is 44.7 Å². The standard InChI is InChI=1S/C11H19N3O/c1-2-5-14-11(8-3-4-8)9(6-13-14)10(12)7-15/h6,8,10,15H,2-5,7,12H2,1H3. The lowest BCUT2D eigenvalue weighted by Crippen LogP contribution is -2.16. The van der Waals surface area contributed by atoms with Crippen LogP contribution in [-0.2, 0) is 6.54 Å². The summed E-state index contributed by atoms with van der Waals surface area (Å²) in [6.07, 6.45) is 5.38. The Labute approximate surface area is 90.1 Å². The Morgan fingerprint density at radius 2 is 2.40 bits per heavy atom. The summed E-state index contributed by atoms with van der Waals surface area (Å²) in [4.78, 5) is 0. The number of rotatable bonds is 5. The van der Waals surface area contributed by atoms with E-state index in [4.69, 9.17) is 10.8 Å². The minimum Gasteiger partial charge on any atom is -0.394 e. The molecule has 4 heteroatoms. The van der Waals surface area contributed by atoms with Crippen molar-refractivity contribution < 1.29 is 5.11 Å². The maximum atomic E-state index is 9.09. The molecule has 1 aliphatic rings. The third-order valence-corrected chi connectivity index (χ3v) is 2.91. The Bertz CT molecular complexity index is 331. The van der Waals surface area contributed by atoms with Gasteiger partial charge in [0, 0.05) is 23.7 Å². The summed E-state index contributed by atoms with van der Waals surface area (Å²) in [6.45, 7) is 3.09. The van der Waals surface area contributed by atoms with Gasteiger partial charge < -0.3 is 10.8 Å². The molecule has 0 aliphatic heterocycles. The van der Waals surface area contributed by atoms with Gasteiger partial charge in [-0.25, -0.2) is 0 Å². The lowest BCUT2D eigenvalue weighted by molar-refractivity contribution is 0.267. The predicted molar refractivity (Wildman–Crippen MR) is 58.5 cm³/mol. The van der Waals surface area contributed by atoms with Crippen LogP contribution in [0.1, 0.15) is 49.4 Å². The lowest BCUT2D eigenvalue weighted by Gasteiger charge is -2.11. The van der Waals surface area contributed by atoms with Gasteiger partial charge in [0.25, 0.3) is 0 Å². The molecule has 0 bridgehead atoms. The van der Waals surface area contributed by atoms with E-state index in [0.717, 1.165) is 18.5 Å². The molecule has 4 nitrogen and oxygen atoms in total. The van der Waals surface area contributed by atoms with Crippen LogP contribution in [0, 0.1) is 0 Å². The van der Waals surface area contributed by atoms with Gasteiger partial charge in [-0.05, 0) is 19.3 Å². The van der Waals surface area contributed by atoms with E-state index >= 15 is 0 Å². The van der Waals surface area contributed by atoms with Crippen LogP contribution in [0.25, 0.3) is 0 Å². The van der Waals surface area contributed by atoms with E-state index in [9.17, 15) is 0 Å². The van der Waals surface area contributed by atoms with E-state index in [2.05, 4.69) is 16.7 Å². The van der Waals surface area contributed by atoms with Crippen molar-refractivity contribution in [3.05, 3.63) is 17.5 Å². The number of nitrogens with zero attached hydrogens (tertiary/aromatic N) is 2. The first-order valence-electron chi connectivity index (χ1n) is 5.70. The van der Waals surface area contributed by atoms with Gasteiger partial charge in [-0.3, -0.25) is 4.68 Å². The van der Waals surface area contributed by atoms with Gasteiger partial charge in [-0.15, -0.1) is 0 Å². The van der Waals surface area contributed by atoms with Crippen molar-refractivity contribution in [2.24, 2.45) is 5.73 Å². The van der Waals surface area contributed by atoms with Gasteiger partial charge in [0.15, 0.2) is 0 Å². The van der Waals surface area contributed by atoms with E-state index < -0.39 is 0 Å². The molecular formula is C11H19N3O. The molecule has 0 spiro atoms. The third-order valence-electron chi connectivity index (χ3n) is 2.91. The van der Waals surface area contributed by atoms with Gasteiger partial charge in [-0.2, -0.15) is 5.10 Å². The van der Waals surface area contributed by atoms with Crippen molar-refractivity contribution in [3.63, 3.8) is 0 Å². The highest BCUT2D eigenvalue weighted by Gasteiger charge is 2.31. The van der Waals surface area contributed by atoms with Gasteiger partial charge in [-0.1, -0.05) is 6.92 Å². The van der Waals surface area contributed by atoms with Crippen LogP contribution in [0.5, 0.6) is 0 Å². The van der Waals surface area contributed by atoms with Crippen LogP contribution in [0.15, 0.2) is 6.20 Å². The molecule has 1 heterocycles. The fourth-order valence-corrected chi connectivity index (χ4v) is 1.99. The summed E-state index contributed by atoms with van der Waals surface area (Å²) in [5.41, 5.74) is 8.16. The Hall–Kier alpha value is -0.870. The number of aliphatic hydroxyl groups excluding tert-OH is 1. The second kappa shape index (κ2) is 4.33. The zero-order valence-corrected chi connectivity index (χ0v) is 9.19. The second-order valence-electron chi connectivity index (χ2n) is 4.27. The Balaban J connectivity index is 2.29. The molecule has 1 unspecified atom stereocenters. The molecule has 0 amide bonds. The zero-order valence-electron chi connectivity index (χ0n) is 9.19. The van der Waals surface area contributed by atoms with Crippen molar-refractivity contribution in [2.75, 3.05) is 6.61 Å². The first kappa shape index (κ1) is 10.6. The second-order valence-corrected chi connectivity index (χ2v) is 4.27. The van der Waals surface area contributed by atoms with E-state index in [1.54, 1.807) is 0 Å². The molecule has 84 valence electrons. The van der Waals surface area contributed by atoms with Crippen LogP contribution in [0.4, 0.5) is 0 Å². The van der Waals surface area contributed by atoms with Crippen LogP contribution < -0.4 is 5.73 Å². The lowest BCUT2D eigenvalue weighted by atomic mass is 10.1. The molecule has 1 aromatic rings. The van der Waals surface area contributed by atoms with Gasteiger partial charge in [0.2, 0.25) is 0 Å². The fourth-order valence-electron chi connectivity index (χ4n) is 1.99. The summed E-state index contributed by atoms with van der Waals surface area (Å²) >= 11 is 0. The summed E-state index contributed by atoms with van der Waals surface area (Å²) in [5, 5.41) is 13.5. The molecule has 1 atom stereocenters. The van der Waals surface area contributed by atoms with Crippen molar-refractivity contribution in [1.29, 1.82) is 0 Å². The molecule has 3 N–H and O–H groups in total. The molecule has 1 fully saturated rings. The molecule has 0 saturated heterocycles. The third kappa shape index (κ3) is 2.06. The Kier molecular flexibility index (Phi) is 3.07. The quantitative estimate of drug-likeness (QED) is 0.765. The minimum absolute atomic E-state index is 0.00244. The average Bonchev–Trinajstić information content (AvgIpc) is 3.00. The first-order chi connectivity index (χ1) is 7.27. The van der Waals surface area contributed by atoms with E-state index in [1.165, 1.54) is 18.5 Å². The maximum absolute atomic E-state index is 9.09. The minimum atomic E-state index is -0.272. The molecule has 1 aromatic heterocycles. The molecule has 0 aromatic carbocycles. The van der Waals surface area contributed by atoms with Crippen LogP contribution in [0.2, 0.25) is 0 Å². The van der Waals surface area contributed by atoms with E-state index in [-0.39, 0.29) is 12.6 Å². The molecule has 0 radical (unpaired) electrons. The number of aliphatic hydroxyl groups is 1. The van der Waals surface area contributed by atoms with Crippen molar-refractivity contribution in [3.8, 4) is 0 Å². The topological polar surface area (TPSA) is 64.1 Å². The molecule has 15 heavy (non-hydrogen) atoms. The Morgan fingerprint density at radius 3 is 2.93 bits per heavy atom. The van der Waals surface area contributed by atoms with Gasteiger partial charge >= 0.3 is 0 Å². The first-order valence-corrected chi connectivity index (χ1v) is 5.70. The smallest absolute Gasteiger partial charge is 0.0625 e. The molecule has 2 rings (SSSR count). The average molecular weight is 209 g/mol. The fraction of sp³-hybridized carbons (Fsp3) is 0.727. The van der Waals surface area contributed by atoms with Crippen LogP contribution in [0.3, 0.4) is 0 Å². The van der Waals surface area contributed by atoms with Crippen LogP contribution >= 0.6 is 0 Å². The largest absolute Gasteiger partial charge is 0.394 e. The number of aryl methyl sites for hydroxylation is 1. The van der Waals surface area contributed by atoms with Crippen molar-refractivity contribution in [1.82, 2.24) is 9.78 Å². The SMILES string of the molecule is CCCn1ncc(C(N)CO)c1C1CC1. The van der Waals surface area contributed by atoms with Gasteiger partial charge in [0.05, 0.1) is 18.8 Å².